The lowest BCUT2D eigenvalue weighted by atomic mass is 10.1. The van der Waals surface area contributed by atoms with Gasteiger partial charge in [0.25, 0.3) is 11.8 Å². The Balaban J connectivity index is 1.67. The molecule has 0 aliphatic carbocycles. The van der Waals surface area contributed by atoms with Crippen molar-refractivity contribution in [1.82, 2.24) is 20.2 Å². The summed E-state index contributed by atoms with van der Waals surface area (Å²) < 4.78 is 44.0. The number of aliphatic hydroxyl groups is 1. The van der Waals surface area contributed by atoms with Gasteiger partial charge in [0.2, 0.25) is 0 Å². The molecule has 2 aliphatic heterocycles. The number of halogens is 3. The number of alkyl halides is 3. The predicted molar refractivity (Wildman–Crippen MR) is 127 cm³/mol. The molecule has 196 valence electrons. The quantitative estimate of drug-likeness (QED) is 0.529. The summed E-state index contributed by atoms with van der Waals surface area (Å²) in [5, 5.41) is 15.0. The van der Waals surface area contributed by atoms with Gasteiger partial charge < -0.3 is 25.4 Å². The van der Waals surface area contributed by atoms with Crippen LogP contribution in [0.15, 0.2) is 12.3 Å². The van der Waals surface area contributed by atoms with Gasteiger partial charge in [0.1, 0.15) is 17.6 Å². The number of aromatic nitrogens is 2. The van der Waals surface area contributed by atoms with E-state index in [-0.39, 0.29) is 41.7 Å². The van der Waals surface area contributed by atoms with Crippen LogP contribution in [0.1, 0.15) is 52.5 Å². The summed E-state index contributed by atoms with van der Waals surface area (Å²) in [7, 11) is 0. The van der Waals surface area contributed by atoms with E-state index < -0.39 is 30.3 Å². The standard InChI is InChI=1S/C23H28F3N5O4S/c1-11-7-17(28-13(3)23(24,25)26)27-8-14(11)19-18(22(34)31-6-4-5-12(31)2)30-21(36-19)20(33)29-15-9-35-10-16(15)32/h7-8,12-13,15-16,32H,4-6,9-10H2,1-3H3,(H,27,28)(H,29,33)/t12-,13-,15+,16-/m0/s1. The van der Waals surface area contributed by atoms with E-state index in [9.17, 15) is 27.9 Å². The summed E-state index contributed by atoms with van der Waals surface area (Å²) in [4.78, 5) is 37.0. The molecule has 0 spiro atoms. The molecule has 36 heavy (non-hydrogen) atoms. The third-order valence-electron chi connectivity index (χ3n) is 6.42. The molecule has 9 nitrogen and oxygen atoms in total. The topological polar surface area (TPSA) is 117 Å². The minimum absolute atomic E-state index is 0.0183. The highest BCUT2D eigenvalue weighted by Crippen LogP contribution is 2.35. The Bertz CT molecular complexity index is 1140. The maximum absolute atomic E-state index is 13.4. The van der Waals surface area contributed by atoms with Crippen LogP contribution >= 0.6 is 11.3 Å². The highest BCUT2D eigenvalue weighted by molar-refractivity contribution is 7.17. The monoisotopic (exact) mass is 527 g/mol. The molecule has 2 saturated heterocycles. The second kappa shape index (κ2) is 10.3. The normalized spacial score (nSPS) is 23.1. The van der Waals surface area contributed by atoms with Crippen molar-refractivity contribution < 1.29 is 32.6 Å². The molecule has 0 bridgehead atoms. The van der Waals surface area contributed by atoms with E-state index in [4.69, 9.17) is 4.74 Å². The molecule has 4 atom stereocenters. The Morgan fingerprint density at radius 1 is 1.33 bits per heavy atom. The van der Waals surface area contributed by atoms with Gasteiger partial charge in [0, 0.05) is 24.3 Å². The van der Waals surface area contributed by atoms with Gasteiger partial charge in [-0.2, -0.15) is 13.2 Å². The number of hydrogen-bond acceptors (Lipinski definition) is 8. The van der Waals surface area contributed by atoms with E-state index in [1.165, 1.54) is 12.3 Å². The van der Waals surface area contributed by atoms with Gasteiger partial charge in [-0.05, 0) is 45.2 Å². The van der Waals surface area contributed by atoms with Crippen LogP contribution in [0.3, 0.4) is 0 Å². The fraction of sp³-hybridized carbons (Fsp3) is 0.565. The van der Waals surface area contributed by atoms with E-state index in [0.29, 0.717) is 22.5 Å². The summed E-state index contributed by atoms with van der Waals surface area (Å²) in [6.07, 6.45) is -2.17. The molecule has 13 heteroatoms. The Labute approximate surface area is 210 Å². The zero-order valence-electron chi connectivity index (χ0n) is 20.1. The van der Waals surface area contributed by atoms with E-state index in [1.54, 1.807) is 11.8 Å². The van der Waals surface area contributed by atoms with Crippen molar-refractivity contribution in [2.24, 2.45) is 0 Å². The average Bonchev–Trinajstić information content (AvgIpc) is 3.53. The molecule has 2 aromatic rings. The van der Waals surface area contributed by atoms with Crippen LogP contribution in [0.4, 0.5) is 19.0 Å². The highest BCUT2D eigenvalue weighted by Gasteiger charge is 2.37. The lowest BCUT2D eigenvalue weighted by Crippen LogP contribution is -2.42. The first-order valence-electron chi connectivity index (χ1n) is 11.6. The number of nitrogens with zero attached hydrogens (tertiary/aromatic N) is 3. The fourth-order valence-corrected chi connectivity index (χ4v) is 5.24. The van der Waals surface area contributed by atoms with Gasteiger partial charge in [-0.25, -0.2) is 9.97 Å². The summed E-state index contributed by atoms with van der Waals surface area (Å²) in [5.41, 5.74) is 1.16. The first-order chi connectivity index (χ1) is 17.0. The van der Waals surface area contributed by atoms with Gasteiger partial charge in [-0.3, -0.25) is 9.59 Å². The largest absolute Gasteiger partial charge is 0.408 e. The number of ether oxygens (including phenoxy) is 1. The van der Waals surface area contributed by atoms with Crippen LogP contribution in [0.2, 0.25) is 0 Å². The Morgan fingerprint density at radius 2 is 2.08 bits per heavy atom. The van der Waals surface area contributed by atoms with Crippen molar-refractivity contribution in [2.45, 2.75) is 64.0 Å². The molecule has 4 heterocycles. The number of aryl methyl sites for hydroxylation is 1. The van der Waals surface area contributed by atoms with Crippen molar-refractivity contribution in [1.29, 1.82) is 0 Å². The Kier molecular flexibility index (Phi) is 7.53. The lowest BCUT2D eigenvalue weighted by Gasteiger charge is -2.21. The van der Waals surface area contributed by atoms with Gasteiger partial charge in [0.15, 0.2) is 5.01 Å². The molecule has 0 radical (unpaired) electrons. The molecular formula is C23H28F3N5O4S. The lowest BCUT2D eigenvalue weighted by molar-refractivity contribution is -0.138. The van der Waals surface area contributed by atoms with Crippen molar-refractivity contribution in [3.05, 3.63) is 28.5 Å². The maximum atomic E-state index is 13.4. The first-order valence-corrected chi connectivity index (χ1v) is 12.5. The number of thiazole rings is 1. The van der Waals surface area contributed by atoms with Crippen LogP contribution in [0.5, 0.6) is 0 Å². The molecule has 0 aromatic carbocycles. The number of pyridine rings is 1. The third kappa shape index (κ3) is 5.47. The molecule has 2 aromatic heterocycles. The highest BCUT2D eigenvalue weighted by atomic mass is 32.1. The third-order valence-corrected chi connectivity index (χ3v) is 7.50. The number of anilines is 1. The van der Waals surface area contributed by atoms with Crippen LogP contribution in [-0.4, -0.2) is 82.0 Å². The van der Waals surface area contributed by atoms with Crippen molar-refractivity contribution in [2.75, 3.05) is 25.1 Å². The second-order valence-corrected chi connectivity index (χ2v) is 10.2. The van der Waals surface area contributed by atoms with E-state index in [2.05, 4.69) is 20.6 Å². The number of aliphatic hydroxyl groups excluding tert-OH is 1. The SMILES string of the molecule is Cc1cc(N[C@@H](C)C(F)(F)F)ncc1-c1sc(C(=O)N[C@@H]2COC[C@@H]2O)nc1C(=O)N1CCC[C@@H]1C. The van der Waals surface area contributed by atoms with E-state index in [0.717, 1.165) is 31.1 Å². The van der Waals surface area contributed by atoms with Crippen LogP contribution < -0.4 is 10.6 Å². The molecule has 0 unspecified atom stereocenters. The van der Waals surface area contributed by atoms with Crippen molar-refractivity contribution in [3.8, 4) is 10.4 Å². The number of hydrogen-bond donors (Lipinski definition) is 3. The summed E-state index contributed by atoms with van der Waals surface area (Å²) >= 11 is 0.998. The fourth-order valence-electron chi connectivity index (χ4n) is 4.20. The number of carbonyl (C=O) groups is 2. The van der Waals surface area contributed by atoms with Gasteiger partial charge in [0.05, 0.1) is 30.2 Å². The second-order valence-electron chi connectivity index (χ2n) is 9.16. The maximum Gasteiger partial charge on any atom is 0.408 e. The van der Waals surface area contributed by atoms with E-state index in [1.807, 2.05) is 6.92 Å². The zero-order valence-corrected chi connectivity index (χ0v) is 20.9. The molecule has 2 aliphatic rings. The molecule has 4 rings (SSSR count). The number of rotatable bonds is 6. The van der Waals surface area contributed by atoms with Gasteiger partial charge >= 0.3 is 6.18 Å². The number of carbonyl (C=O) groups excluding carboxylic acids is 2. The van der Waals surface area contributed by atoms with Crippen LogP contribution in [0, 0.1) is 6.92 Å². The number of nitrogens with one attached hydrogen (secondary N) is 2. The number of amides is 2. The minimum Gasteiger partial charge on any atom is -0.388 e. The predicted octanol–water partition coefficient (Wildman–Crippen LogP) is 2.99. The average molecular weight is 528 g/mol. The zero-order chi connectivity index (χ0) is 26.2. The Hall–Kier alpha value is -2.77. The summed E-state index contributed by atoms with van der Waals surface area (Å²) in [6, 6.07) is -0.898. The molecule has 2 fully saturated rings. The van der Waals surface area contributed by atoms with Crippen molar-refractivity contribution in [3.63, 3.8) is 0 Å². The van der Waals surface area contributed by atoms with Crippen molar-refractivity contribution >= 4 is 29.0 Å². The minimum atomic E-state index is -4.43. The molecule has 0 saturated carbocycles. The van der Waals surface area contributed by atoms with Crippen LogP contribution in [-0.2, 0) is 4.74 Å². The first kappa shape index (κ1) is 26.3. The molecule has 2 amide bonds. The Morgan fingerprint density at radius 3 is 2.67 bits per heavy atom. The van der Waals surface area contributed by atoms with E-state index >= 15 is 0 Å². The van der Waals surface area contributed by atoms with Crippen LogP contribution in [0.25, 0.3) is 10.4 Å². The smallest absolute Gasteiger partial charge is 0.388 e. The summed E-state index contributed by atoms with van der Waals surface area (Å²) in [6.45, 7) is 5.48. The number of likely N-dealkylation sites (tertiary alicyclic amines) is 1. The molecular weight excluding hydrogens is 499 g/mol. The summed E-state index contributed by atoms with van der Waals surface area (Å²) in [5.74, 6) is -0.825. The van der Waals surface area contributed by atoms with Gasteiger partial charge in [-0.1, -0.05) is 0 Å². The van der Waals surface area contributed by atoms with Gasteiger partial charge in [-0.15, -0.1) is 11.3 Å². The molecule has 3 N–H and O–H groups in total.